The van der Waals surface area contributed by atoms with E-state index in [9.17, 15) is 0 Å². The molecule has 1 saturated heterocycles. The zero-order chi connectivity index (χ0) is 11.7. The number of rotatable bonds is 4. The molecule has 3 heteroatoms. The fourth-order valence-corrected chi connectivity index (χ4v) is 2.92. The van der Waals surface area contributed by atoms with Crippen molar-refractivity contribution in [2.45, 2.75) is 44.2 Å². The average Bonchev–Trinajstić information content (AvgIpc) is 3.11. The molecular formula is C15H23ClN2. The van der Waals surface area contributed by atoms with Crippen LogP contribution in [0.25, 0.3) is 0 Å². The van der Waals surface area contributed by atoms with Crippen molar-refractivity contribution in [3.05, 3.63) is 35.4 Å². The molecule has 2 nitrogen and oxygen atoms in total. The quantitative estimate of drug-likeness (QED) is 0.908. The zero-order valence-electron chi connectivity index (χ0n) is 10.8. The van der Waals surface area contributed by atoms with Gasteiger partial charge in [0.1, 0.15) is 0 Å². The van der Waals surface area contributed by atoms with Crippen molar-refractivity contribution in [2.75, 3.05) is 13.1 Å². The minimum atomic E-state index is 0. The molecule has 0 amide bonds. The monoisotopic (exact) mass is 266 g/mol. The predicted molar refractivity (Wildman–Crippen MR) is 78.2 cm³/mol. The van der Waals surface area contributed by atoms with Crippen LogP contribution < -0.4 is 5.73 Å². The van der Waals surface area contributed by atoms with E-state index in [4.69, 9.17) is 5.73 Å². The van der Waals surface area contributed by atoms with Gasteiger partial charge in [0.2, 0.25) is 0 Å². The largest absolute Gasteiger partial charge is 0.329 e. The van der Waals surface area contributed by atoms with Gasteiger partial charge >= 0.3 is 0 Å². The van der Waals surface area contributed by atoms with Gasteiger partial charge in [0.25, 0.3) is 0 Å². The standard InChI is InChI=1S/C15H22N2.ClH/c16-10-15-2-1-9-17(15)11-12-3-5-13(6-4-12)14-7-8-14;/h3-6,14-15H,1-2,7-11,16H2;1H. The summed E-state index contributed by atoms with van der Waals surface area (Å²) in [6.45, 7) is 3.10. The molecule has 0 aromatic heterocycles. The van der Waals surface area contributed by atoms with Crippen LogP contribution in [0, 0.1) is 0 Å². The van der Waals surface area contributed by atoms with Gasteiger partial charge in [-0.25, -0.2) is 0 Å². The third kappa shape index (κ3) is 3.05. The van der Waals surface area contributed by atoms with Gasteiger partial charge in [-0.3, -0.25) is 4.90 Å². The summed E-state index contributed by atoms with van der Waals surface area (Å²) in [5.41, 5.74) is 8.78. The van der Waals surface area contributed by atoms with Crippen LogP contribution in [0.2, 0.25) is 0 Å². The number of likely N-dealkylation sites (tertiary alicyclic amines) is 1. The number of benzene rings is 1. The van der Waals surface area contributed by atoms with Crippen LogP contribution in [0.15, 0.2) is 24.3 Å². The van der Waals surface area contributed by atoms with Gasteiger partial charge in [0.05, 0.1) is 0 Å². The SMILES string of the molecule is Cl.NCC1CCCN1Cc1ccc(C2CC2)cc1. The van der Waals surface area contributed by atoms with Crippen molar-refractivity contribution in [1.29, 1.82) is 0 Å². The maximum atomic E-state index is 5.81. The van der Waals surface area contributed by atoms with Gasteiger partial charge in [0, 0.05) is 19.1 Å². The van der Waals surface area contributed by atoms with Gasteiger partial charge in [-0.1, -0.05) is 24.3 Å². The second-order valence-electron chi connectivity index (χ2n) is 5.52. The Morgan fingerprint density at radius 1 is 1.11 bits per heavy atom. The molecule has 1 saturated carbocycles. The smallest absolute Gasteiger partial charge is 0.0237 e. The van der Waals surface area contributed by atoms with Crippen molar-refractivity contribution in [1.82, 2.24) is 4.90 Å². The summed E-state index contributed by atoms with van der Waals surface area (Å²) < 4.78 is 0. The first-order chi connectivity index (χ1) is 8.36. The predicted octanol–water partition coefficient (Wildman–Crippen LogP) is 2.91. The number of nitrogens with two attached hydrogens (primary N) is 1. The minimum Gasteiger partial charge on any atom is -0.329 e. The lowest BCUT2D eigenvalue weighted by atomic mass is 10.1. The molecule has 1 aromatic rings. The summed E-state index contributed by atoms with van der Waals surface area (Å²) in [6, 6.07) is 9.86. The molecule has 0 spiro atoms. The molecule has 18 heavy (non-hydrogen) atoms. The van der Waals surface area contributed by atoms with E-state index in [1.54, 1.807) is 0 Å². The molecule has 1 aliphatic carbocycles. The Labute approximate surface area is 116 Å². The van der Waals surface area contributed by atoms with Crippen LogP contribution in [0.4, 0.5) is 0 Å². The molecule has 100 valence electrons. The third-order valence-electron chi connectivity index (χ3n) is 4.19. The van der Waals surface area contributed by atoms with Crippen molar-refractivity contribution >= 4 is 12.4 Å². The maximum absolute atomic E-state index is 5.81. The van der Waals surface area contributed by atoms with E-state index in [1.807, 2.05) is 0 Å². The Hall–Kier alpha value is -0.570. The summed E-state index contributed by atoms with van der Waals surface area (Å²) in [5, 5.41) is 0. The normalized spacial score (nSPS) is 23.9. The topological polar surface area (TPSA) is 29.3 Å². The second kappa shape index (κ2) is 6.05. The van der Waals surface area contributed by atoms with Crippen LogP contribution >= 0.6 is 12.4 Å². The lowest BCUT2D eigenvalue weighted by molar-refractivity contribution is 0.250. The van der Waals surface area contributed by atoms with Crippen LogP contribution in [0.3, 0.4) is 0 Å². The van der Waals surface area contributed by atoms with Gasteiger partial charge in [-0.05, 0) is 49.3 Å². The van der Waals surface area contributed by atoms with Crippen molar-refractivity contribution < 1.29 is 0 Å². The summed E-state index contributed by atoms with van der Waals surface area (Å²) in [4.78, 5) is 2.53. The van der Waals surface area contributed by atoms with Gasteiger partial charge in [0.15, 0.2) is 0 Å². The fourth-order valence-electron chi connectivity index (χ4n) is 2.92. The maximum Gasteiger partial charge on any atom is 0.0237 e. The molecule has 1 unspecified atom stereocenters. The lowest BCUT2D eigenvalue weighted by Crippen LogP contribution is -2.34. The lowest BCUT2D eigenvalue weighted by Gasteiger charge is -2.23. The first-order valence-electron chi connectivity index (χ1n) is 6.90. The molecule has 0 bridgehead atoms. The van der Waals surface area contributed by atoms with E-state index >= 15 is 0 Å². The number of halogens is 1. The zero-order valence-corrected chi connectivity index (χ0v) is 11.7. The molecule has 1 aliphatic heterocycles. The minimum absolute atomic E-state index is 0. The Bertz CT molecular complexity index is 373. The van der Waals surface area contributed by atoms with E-state index in [-0.39, 0.29) is 12.4 Å². The van der Waals surface area contributed by atoms with Crippen molar-refractivity contribution in [2.24, 2.45) is 5.73 Å². The summed E-state index contributed by atoms with van der Waals surface area (Å²) in [6.07, 6.45) is 5.36. The highest BCUT2D eigenvalue weighted by Gasteiger charge is 2.24. The third-order valence-corrected chi connectivity index (χ3v) is 4.19. The molecular weight excluding hydrogens is 244 g/mol. The number of hydrogen-bond donors (Lipinski definition) is 1. The first-order valence-corrected chi connectivity index (χ1v) is 6.90. The Morgan fingerprint density at radius 3 is 2.44 bits per heavy atom. The van der Waals surface area contributed by atoms with Crippen molar-refractivity contribution in [3.63, 3.8) is 0 Å². The molecule has 1 heterocycles. The summed E-state index contributed by atoms with van der Waals surface area (Å²) in [5.74, 6) is 0.868. The highest BCUT2D eigenvalue weighted by molar-refractivity contribution is 5.85. The average molecular weight is 267 g/mol. The Balaban J connectivity index is 0.00000120. The fraction of sp³-hybridized carbons (Fsp3) is 0.600. The van der Waals surface area contributed by atoms with E-state index in [0.29, 0.717) is 6.04 Å². The highest BCUT2D eigenvalue weighted by atomic mass is 35.5. The van der Waals surface area contributed by atoms with Crippen molar-refractivity contribution in [3.8, 4) is 0 Å². The van der Waals surface area contributed by atoms with E-state index < -0.39 is 0 Å². The van der Waals surface area contributed by atoms with Crippen LogP contribution in [0.5, 0.6) is 0 Å². The number of nitrogens with zero attached hydrogens (tertiary/aromatic N) is 1. The van der Waals surface area contributed by atoms with Crippen LogP contribution in [0.1, 0.15) is 42.7 Å². The first kappa shape index (κ1) is 13.9. The molecule has 3 rings (SSSR count). The summed E-state index contributed by atoms with van der Waals surface area (Å²) >= 11 is 0. The van der Waals surface area contributed by atoms with Crippen LogP contribution in [-0.2, 0) is 6.54 Å². The molecule has 2 fully saturated rings. The van der Waals surface area contributed by atoms with Gasteiger partial charge in [-0.15, -0.1) is 12.4 Å². The Morgan fingerprint density at radius 2 is 1.83 bits per heavy atom. The molecule has 2 aliphatic rings. The van der Waals surface area contributed by atoms with Crippen LogP contribution in [-0.4, -0.2) is 24.0 Å². The molecule has 1 aromatic carbocycles. The molecule has 1 atom stereocenters. The van der Waals surface area contributed by atoms with Gasteiger partial charge in [-0.2, -0.15) is 0 Å². The van der Waals surface area contributed by atoms with E-state index in [2.05, 4.69) is 29.2 Å². The van der Waals surface area contributed by atoms with Gasteiger partial charge < -0.3 is 5.73 Å². The summed E-state index contributed by atoms with van der Waals surface area (Å²) in [7, 11) is 0. The molecule has 2 N–H and O–H groups in total. The van der Waals surface area contributed by atoms with E-state index in [1.165, 1.54) is 43.4 Å². The Kier molecular flexibility index (Phi) is 4.66. The van der Waals surface area contributed by atoms with E-state index in [0.717, 1.165) is 19.0 Å². The number of hydrogen-bond acceptors (Lipinski definition) is 2. The molecule has 0 radical (unpaired) electrons. The second-order valence-corrected chi connectivity index (χ2v) is 5.52. The highest BCUT2D eigenvalue weighted by Crippen LogP contribution is 2.39.